The van der Waals surface area contributed by atoms with Crippen LogP contribution >= 0.6 is 0 Å². The van der Waals surface area contributed by atoms with Crippen LogP contribution in [0.4, 0.5) is 0 Å². The van der Waals surface area contributed by atoms with E-state index < -0.39 is 30.3 Å². The van der Waals surface area contributed by atoms with Gasteiger partial charge in [0.05, 0.1) is 12.5 Å². The van der Waals surface area contributed by atoms with Gasteiger partial charge in [0.25, 0.3) is 5.91 Å². The zero-order valence-corrected chi connectivity index (χ0v) is 10.3. The Morgan fingerprint density at radius 2 is 2.16 bits per heavy atom. The molecule has 0 aromatic carbocycles. The number of nitrogens with two attached hydrogens (primary N) is 1. The summed E-state index contributed by atoms with van der Waals surface area (Å²) in [4.78, 5) is 46.8. The average Bonchev–Trinajstić information content (AvgIpc) is 2.94. The fraction of sp³-hybridized carbons (Fsp3) is 0.636. The normalized spacial score (nSPS) is 26.8. The highest BCUT2D eigenvalue weighted by molar-refractivity contribution is 6.08. The van der Waals surface area contributed by atoms with Gasteiger partial charge in [-0.2, -0.15) is 0 Å². The van der Waals surface area contributed by atoms with Crippen LogP contribution in [-0.2, 0) is 19.2 Å². The molecule has 19 heavy (non-hydrogen) atoms. The van der Waals surface area contributed by atoms with Crippen LogP contribution < -0.4 is 16.4 Å². The van der Waals surface area contributed by atoms with Crippen LogP contribution in [0.15, 0.2) is 0 Å². The van der Waals surface area contributed by atoms with Crippen molar-refractivity contribution in [1.29, 1.82) is 0 Å². The van der Waals surface area contributed by atoms with Crippen LogP contribution in [0.1, 0.15) is 19.3 Å². The summed E-state index contributed by atoms with van der Waals surface area (Å²) < 4.78 is 0. The Kier molecular flexibility index (Phi) is 3.79. The molecule has 2 fully saturated rings. The van der Waals surface area contributed by atoms with Gasteiger partial charge in [-0.15, -0.1) is 0 Å². The van der Waals surface area contributed by atoms with Gasteiger partial charge in [-0.05, 0) is 19.4 Å². The van der Waals surface area contributed by atoms with E-state index in [4.69, 9.17) is 5.73 Å². The molecule has 0 aromatic rings. The molecule has 2 rings (SSSR count). The topological polar surface area (TPSA) is 122 Å². The molecule has 4 amide bonds. The van der Waals surface area contributed by atoms with Gasteiger partial charge in [0, 0.05) is 0 Å². The van der Waals surface area contributed by atoms with Crippen molar-refractivity contribution in [2.24, 2.45) is 5.73 Å². The van der Waals surface area contributed by atoms with E-state index in [1.54, 1.807) is 0 Å². The maximum atomic E-state index is 11.9. The molecule has 2 saturated heterocycles. The molecule has 2 atom stereocenters. The van der Waals surface area contributed by atoms with Crippen molar-refractivity contribution >= 4 is 23.6 Å². The molecule has 4 N–H and O–H groups in total. The lowest BCUT2D eigenvalue weighted by Crippen LogP contribution is -2.48. The third-order valence-corrected chi connectivity index (χ3v) is 3.25. The number of hydrogen-bond donors (Lipinski definition) is 3. The van der Waals surface area contributed by atoms with Crippen molar-refractivity contribution in [3.63, 3.8) is 0 Å². The van der Waals surface area contributed by atoms with E-state index in [-0.39, 0.29) is 18.4 Å². The minimum absolute atomic E-state index is 0.120. The van der Waals surface area contributed by atoms with E-state index in [2.05, 4.69) is 10.6 Å². The first-order valence-corrected chi connectivity index (χ1v) is 6.15. The lowest BCUT2D eigenvalue weighted by atomic mass is 10.2. The first-order chi connectivity index (χ1) is 8.99. The average molecular weight is 268 g/mol. The highest BCUT2D eigenvalue weighted by Crippen LogP contribution is 2.13. The van der Waals surface area contributed by atoms with Crippen LogP contribution in [0.5, 0.6) is 0 Å². The number of rotatable bonds is 4. The molecule has 0 saturated carbocycles. The molecule has 104 valence electrons. The van der Waals surface area contributed by atoms with Gasteiger partial charge < -0.3 is 16.4 Å². The summed E-state index contributed by atoms with van der Waals surface area (Å²) in [5.41, 5.74) is 4.96. The Morgan fingerprint density at radius 1 is 1.42 bits per heavy atom. The van der Waals surface area contributed by atoms with Crippen LogP contribution in [0.25, 0.3) is 0 Å². The molecule has 0 radical (unpaired) electrons. The number of hydrogen-bond acceptors (Lipinski definition) is 5. The number of nitrogens with one attached hydrogen (secondary N) is 2. The Balaban J connectivity index is 1.94. The zero-order chi connectivity index (χ0) is 14.0. The molecule has 0 spiro atoms. The second kappa shape index (κ2) is 5.35. The maximum Gasteiger partial charge on any atom is 0.252 e. The Morgan fingerprint density at radius 3 is 2.74 bits per heavy atom. The maximum absolute atomic E-state index is 11.9. The van der Waals surface area contributed by atoms with E-state index in [1.807, 2.05) is 0 Å². The van der Waals surface area contributed by atoms with Crippen LogP contribution in [0.3, 0.4) is 0 Å². The van der Waals surface area contributed by atoms with Crippen LogP contribution in [-0.4, -0.2) is 53.7 Å². The summed E-state index contributed by atoms with van der Waals surface area (Å²) in [5.74, 6) is -2.11. The number of imide groups is 1. The van der Waals surface area contributed by atoms with Crippen molar-refractivity contribution < 1.29 is 19.2 Å². The first-order valence-electron chi connectivity index (χ1n) is 6.15. The van der Waals surface area contributed by atoms with Gasteiger partial charge in [0.1, 0.15) is 12.6 Å². The number of carbonyl (C=O) groups is 4. The van der Waals surface area contributed by atoms with Gasteiger partial charge in [0.15, 0.2) is 0 Å². The highest BCUT2D eigenvalue weighted by atomic mass is 16.2. The van der Waals surface area contributed by atoms with Gasteiger partial charge in [-0.1, -0.05) is 0 Å². The second-order valence-electron chi connectivity index (χ2n) is 4.70. The van der Waals surface area contributed by atoms with Crippen LogP contribution in [0.2, 0.25) is 0 Å². The minimum Gasteiger partial charge on any atom is -0.368 e. The molecular formula is C11H16N4O4. The molecule has 8 heteroatoms. The van der Waals surface area contributed by atoms with Crippen LogP contribution in [0, 0.1) is 0 Å². The summed E-state index contributed by atoms with van der Waals surface area (Å²) in [5, 5.41) is 5.54. The fourth-order valence-electron chi connectivity index (χ4n) is 2.30. The van der Waals surface area contributed by atoms with E-state index in [9.17, 15) is 19.2 Å². The number of nitrogens with zero attached hydrogens (tertiary/aromatic N) is 1. The predicted octanol–water partition coefficient (Wildman–Crippen LogP) is -2.53. The summed E-state index contributed by atoms with van der Waals surface area (Å²) in [6.45, 7) is 0.329. The monoisotopic (exact) mass is 268 g/mol. The van der Waals surface area contributed by atoms with Crippen molar-refractivity contribution in [2.75, 3.05) is 13.1 Å². The van der Waals surface area contributed by atoms with Crippen molar-refractivity contribution in [1.82, 2.24) is 15.5 Å². The largest absolute Gasteiger partial charge is 0.368 e. The van der Waals surface area contributed by atoms with Crippen molar-refractivity contribution in [2.45, 2.75) is 31.3 Å². The summed E-state index contributed by atoms with van der Waals surface area (Å²) in [7, 11) is 0. The molecule has 0 aromatic heterocycles. The lowest BCUT2D eigenvalue weighted by molar-refractivity contribution is -0.142. The Labute approximate surface area is 109 Å². The van der Waals surface area contributed by atoms with E-state index in [0.29, 0.717) is 6.42 Å². The Hall–Kier alpha value is -1.96. The smallest absolute Gasteiger partial charge is 0.252 e. The highest BCUT2D eigenvalue weighted by Gasteiger charge is 2.40. The van der Waals surface area contributed by atoms with Gasteiger partial charge in [-0.25, -0.2) is 0 Å². The molecule has 2 aliphatic heterocycles. The molecule has 2 heterocycles. The second-order valence-corrected chi connectivity index (χ2v) is 4.70. The summed E-state index contributed by atoms with van der Waals surface area (Å²) in [6, 6.07) is -1.20. The molecule has 8 nitrogen and oxygen atoms in total. The van der Waals surface area contributed by atoms with E-state index in [0.717, 1.165) is 17.9 Å². The standard InChI is InChI=1S/C11H16N4O4/c12-8(16)5-15-9(17)4-7(11(15)19)14-10(18)6-2-1-3-13-6/h6-7,13H,1-5H2,(H2,12,16)(H,14,18)/t6?,7-/m0/s1. The molecule has 0 bridgehead atoms. The zero-order valence-electron chi connectivity index (χ0n) is 10.3. The fourth-order valence-corrected chi connectivity index (χ4v) is 2.30. The number of primary amides is 1. The summed E-state index contributed by atoms with van der Waals surface area (Å²) in [6.07, 6.45) is 1.50. The molecular weight excluding hydrogens is 252 g/mol. The third-order valence-electron chi connectivity index (χ3n) is 3.25. The number of carbonyl (C=O) groups excluding carboxylic acids is 4. The quantitative estimate of drug-likeness (QED) is 0.485. The lowest BCUT2D eigenvalue weighted by Gasteiger charge is -2.16. The minimum atomic E-state index is -0.887. The van der Waals surface area contributed by atoms with Gasteiger partial charge in [0.2, 0.25) is 17.7 Å². The third kappa shape index (κ3) is 2.90. The number of amides is 4. The molecule has 0 aliphatic carbocycles. The molecule has 1 unspecified atom stereocenters. The first kappa shape index (κ1) is 13.5. The van der Waals surface area contributed by atoms with Crippen molar-refractivity contribution in [3.8, 4) is 0 Å². The predicted molar refractivity (Wildman–Crippen MR) is 63.5 cm³/mol. The van der Waals surface area contributed by atoms with Gasteiger partial charge in [-0.3, -0.25) is 24.1 Å². The number of likely N-dealkylation sites (tertiary alicyclic amines) is 1. The van der Waals surface area contributed by atoms with E-state index in [1.165, 1.54) is 0 Å². The molecule has 2 aliphatic rings. The van der Waals surface area contributed by atoms with Crippen molar-refractivity contribution in [3.05, 3.63) is 0 Å². The summed E-state index contributed by atoms with van der Waals surface area (Å²) >= 11 is 0. The van der Waals surface area contributed by atoms with Gasteiger partial charge >= 0.3 is 0 Å². The van der Waals surface area contributed by atoms with E-state index >= 15 is 0 Å². The Bertz CT molecular complexity index is 430. The SMILES string of the molecule is NC(=O)CN1C(=O)C[C@H](NC(=O)C2CCCN2)C1=O.